The molecule has 1 aromatic heterocycles. The first-order valence-corrected chi connectivity index (χ1v) is 6.72. The highest BCUT2D eigenvalue weighted by molar-refractivity contribution is 5.85. The Morgan fingerprint density at radius 1 is 1.24 bits per heavy atom. The van der Waals surface area contributed by atoms with Crippen LogP contribution in [0.25, 0.3) is 0 Å². The first-order chi connectivity index (χ1) is 11.5. The molecule has 1 heterocycles. The number of alkyl halides is 3. The van der Waals surface area contributed by atoms with Gasteiger partial charge in [-0.3, -0.25) is 5.32 Å². The van der Waals surface area contributed by atoms with Crippen molar-refractivity contribution < 1.29 is 36.6 Å². The van der Waals surface area contributed by atoms with Crippen LogP contribution in [0, 0.1) is 25.5 Å². The van der Waals surface area contributed by atoms with E-state index in [2.05, 4.69) is 4.98 Å². The van der Waals surface area contributed by atoms with Gasteiger partial charge in [-0.25, -0.2) is 18.6 Å². The first kappa shape index (κ1) is 18.4. The van der Waals surface area contributed by atoms with Gasteiger partial charge in [0.15, 0.2) is 17.3 Å². The summed E-state index contributed by atoms with van der Waals surface area (Å²) in [5.74, 6) is -3.46. The molecule has 0 spiro atoms. The van der Waals surface area contributed by atoms with E-state index < -0.39 is 35.5 Å². The summed E-state index contributed by atoms with van der Waals surface area (Å²) < 4.78 is 70.8. The quantitative estimate of drug-likeness (QED) is 0.764. The third kappa shape index (κ3) is 3.95. The van der Waals surface area contributed by atoms with Crippen LogP contribution in [0.5, 0.6) is 11.6 Å². The molecule has 0 aliphatic rings. The lowest BCUT2D eigenvalue weighted by Crippen LogP contribution is -2.15. The fourth-order valence-electron chi connectivity index (χ4n) is 2.02. The Hall–Kier alpha value is -2.91. The first-order valence-electron chi connectivity index (χ1n) is 6.72. The summed E-state index contributed by atoms with van der Waals surface area (Å²) in [6, 6.07) is 2.60. The number of rotatable bonds is 3. The SMILES string of the molecule is Cc1cc(NC(=O)O)c(Oc2ccc(F)c(F)c2C)nc1C(F)(F)F. The minimum absolute atomic E-state index is 0.308. The maximum Gasteiger partial charge on any atom is 0.433 e. The van der Waals surface area contributed by atoms with Gasteiger partial charge in [0.05, 0.1) is 0 Å². The highest BCUT2D eigenvalue weighted by Gasteiger charge is 2.36. The van der Waals surface area contributed by atoms with Crippen molar-refractivity contribution in [3.8, 4) is 11.6 Å². The van der Waals surface area contributed by atoms with Crippen molar-refractivity contribution in [1.29, 1.82) is 0 Å². The smallest absolute Gasteiger partial charge is 0.433 e. The summed E-state index contributed by atoms with van der Waals surface area (Å²) >= 11 is 0. The van der Waals surface area contributed by atoms with E-state index in [-0.39, 0.29) is 22.6 Å². The number of pyridine rings is 1. The lowest BCUT2D eigenvalue weighted by molar-refractivity contribution is -0.141. The maximum atomic E-state index is 13.6. The largest absolute Gasteiger partial charge is 0.465 e. The highest BCUT2D eigenvalue weighted by Crippen LogP contribution is 2.37. The zero-order valence-corrected chi connectivity index (χ0v) is 12.8. The van der Waals surface area contributed by atoms with Crippen LogP contribution in [0.15, 0.2) is 18.2 Å². The van der Waals surface area contributed by atoms with Crippen LogP contribution >= 0.6 is 0 Å². The number of hydrogen-bond acceptors (Lipinski definition) is 3. The van der Waals surface area contributed by atoms with Crippen LogP contribution in [0.2, 0.25) is 0 Å². The zero-order chi connectivity index (χ0) is 18.9. The second kappa shape index (κ2) is 6.54. The number of anilines is 1. The molecule has 0 bridgehead atoms. The molecule has 25 heavy (non-hydrogen) atoms. The standard InChI is InChI=1S/C15H11F5N2O3/c1-6-5-9(21-14(23)24)13(22-12(6)15(18,19)20)25-10-4-3-8(16)11(17)7(10)2/h3-5,21H,1-2H3,(H,23,24). The van der Waals surface area contributed by atoms with Crippen molar-refractivity contribution in [2.24, 2.45) is 0 Å². The molecule has 0 atom stereocenters. The van der Waals surface area contributed by atoms with Crippen molar-refractivity contribution in [2.45, 2.75) is 20.0 Å². The molecule has 0 aliphatic heterocycles. The number of nitrogens with zero attached hydrogens (tertiary/aromatic N) is 1. The van der Waals surface area contributed by atoms with Crippen LogP contribution in [0.4, 0.5) is 32.4 Å². The van der Waals surface area contributed by atoms with Gasteiger partial charge in [-0.15, -0.1) is 0 Å². The summed E-state index contributed by atoms with van der Waals surface area (Å²) in [6.07, 6.45) is -6.37. The summed E-state index contributed by atoms with van der Waals surface area (Å²) in [5, 5.41) is 10.6. The second-order valence-corrected chi connectivity index (χ2v) is 5.02. The Morgan fingerprint density at radius 2 is 1.88 bits per heavy atom. The third-order valence-corrected chi connectivity index (χ3v) is 3.18. The molecule has 2 N–H and O–H groups in total. The number of ether oxygens (including phenoxy) is 1. The number of benzene rings is 1. The van der Waals surface area contributed by atoms with E-state index in [1.54, 1.807) is 0 Å². The number of hydrogen-bond donors (Lipinski definition) is 2. The number of nitrogens with one attached hydrogen (secondary N) is 1. The molecule has 2 rings (SSSR count). The Balaban J connectivity index is 2.57. The molecule has 5 nitrogen and oxygen atoms in total. The number of amides is 1. The lowest BCUT2D eigenvalue weighted by Gasteiger charge is -2.16. The minimum Gasteiger partial charge on any atom is -0.465 e. The molecule has 1 aromatic carbocycles. The van der Waals surface area contributed by atoms with Crippen molar-refractivity contribution in [3.63, 3.8) is 0 Å². The monoisotopic (exact) mass is 362 g/mol. The lowest BCUT2D eigenvalue weighted by atomic mass is 10.2. The van der Waals surface area contributed by atoms with Crippen LogP contribution in [0.1, 0.15) is 16.8 Å². The molecule has 0 aliphatic carbocycles. The number of aryl methyl sites for hydroxylation is 1. The van der Waals surface area contributed by atoms with Gasteiger partial charge in [0, 0.05) is 5.56 Å². The molecule has 1 amide bonds. The van der Waals surface area contributed by atoms with Crippen LogP contribution in [0.3, 0.4) is 0 Å². The highest BCUT2D eigenvalue weighted by atomic mass is 19.4. The molecule has 0 saturated carbocycles. The normalized spacial score (nSPS) is 11.3. The molecule has 2 aromatic rings. The number of halogens is 5. The number of carbonyl (C=O) groups is 1. The van der Waals surface area contributed by atoms with E-state index in [1.165, 1.54) is 0 Å². The van der Waals surface area contributed by atoms with Gasteiger partial charge in [0.2, 0.25) is 5.88 Å². The number of carboxylic acid groups (broad SMARTS) is 1. The summed E-state index contributed by atoms with van der Waals surface area (Å²) in [5.41, 5.74) is -2.32. The van der Waals surface area contributed by atoms with Gasteiger partial charge in [0.1, 0.15) is 11.4 Å². The van der Waals surface area contributed by atoms with Crippen LogP contribution < -0.4 is 10.1 Å². The Kier molecular flexibility index (Phi) is 4.82. The number of aromatic nitrogens is 1. The Bertz CT molecular complexity index is 837. The predicted molar refractivity (Wildman–Crippen MR) is 76.8 cm³/mol. The predicted octanol–water partition coefficient (Wildman–Crippen LogP) is 4.88. The van der Waals surface area contributed by atoms with Gasteiger partial charge in [-0.05, 0) is 37.6 Å². The van der Waals surface area contributed by atoms with E-state index in [0.717, 1.165) is 32.0 Å². The van der Waals surface area contributed by atoms with E-state index in [4.69, 9.17) is 9.84 Å². The van der Waals surface area contributed by atoms with E-state index in [9.17, 15) is 26.7 Å². The summed E-state index contributed by atoms with van der Waals surface area (Å²) in [4.78, 5) is 14.1. The molecule has 134 valence electrons. The molecule has 0 saturated heterocycles. The zero-order valence-electron chi connectivity index (χ0n) is 12.8. The fraction of sp³-hybridized carbons (Fsp3) is 0.200. The molecular formula is C15H11F5N2O3. The van der Waals surface area contributed by atoms with Gasteiger partial charge in [-0.2, -0.15) is 13.2 Å². The van der Waals surface area contributed by atoms with Crippen molar-refractivity contribution in [1.82, 2.24) is 4.98 Å². The van der Waals surface area contributed by atoms with Crippen LogP contribution in [-0.4, -0.2) is 16.2 Å². The molecule has 0 unspecified atom stereocenters. The Morgan fingerprint density at radius 3 is 2.44 bits per heavy atom. The fourth-order valence-corrected chi connectivity index (χ4v) is 2.02. The average molecular weight is 362 g/mol. The van der Waals surface area contributed by atoms with E-state index >= 15 is 0 Å². The van der Waals surface area contributed by atoms with Crippen LogP contribution in [-0.2, 0) is 6.18 Å². The second-order valence-electron chi connectivity index (χ2n) is 5.02. The van der Waals surface area contributed by atoms with Gasteiger partial charge < -0.3 is 9.84 Å². The van der Waals surface area contributed by atoms with Crippen molar-refractivity contribution in [2.75, 3.05) is 5.32 Å². The molecule has 0 fully saturated rings. The van der Waals surface area contributed by atoms with E-state index in [0.29, 0.717) is 0 Å². The average Bonchev–Trinajstić information content (AvgIpc) is 2.48. The Labute approximate surface area is 138 Å². The third-order valence-electron chi connectivity index (χ3n) is 3.18. The summed E-state index contributed by atoms with van der Waals surface area (Å²) in [7, 11) is 0. The topological polar surface area (TPSA) is 71.5 Å². The van der Waals surface area contributed by atoms with Crippen molar-refractivity contribution >= 4 is 11.8 Å². The van der Waals surface area contributed by atoms with Gasteiger partial charge >= 0.3 is 12.3 Å². The van der Waals surface area contributed by atoms with Crippen molar-refractivity contribution in [3.05, 3.63) is 46.7 Å². The maximum absolute atomic E-state index is 13.6. The molecule has 0 radical (unpaired) electrons. The molecular weight excluding hydrogens is 351 g/mol. The van der Waals surface area contributed by atoms with E-state index in [1.807, 2.05) is 5.32 Å². The van der Waals surface area contributed by atoms with Gasteiger partial charge in [0.25, 0.3) is 0 Å². The van der Waals surface area contributed by atoms with Gasteiger partial charge in [-0.1, -0.05) is 0 Å². The minimum atomic E-state index is -4.81. The summed E-state index contributed by atoms with van der Waals surface area (Å²) in [6.45, 7) is 2.24. The molecule has 10 heteroatoms.